The molecule has 20 N–H and O–H groups in total. The number of aliphatic hydroxyl groups excluding tert-OH is 1. The number of aliphatic hydroxyl groups is 1. The van der Waals surface area contributed by atoms with Crippen molar-refractivity contribution >= 4 is 100 Å². The minimum absolute atomic E-state index is 0.0485. The number of amides is 17. The summed E-state index contributed by atoms with van der Waals surface area (Å²) in [6, 6.07) is 0.0377. The average molecular weight is 1470 g/mol. The highest BCUT2D eigenvalue weighted by Gasteiger charge is 2.45. The molecule has 0 spiro atoms. The fourth-order valence-corrected chi connectivity index (χ4v) is 9.69. The number of nitrogens with two attached hydrogens (primary N) is 2. The summed E-state index contributed by atoms with van der Waals surface area (Å²) in [7, 11) is 0. The number of primary amides is 2. The second-order valence-corrected chi connectivity index (χ2v) is 30.2. The van der Waals surface area contributed by atoms with Crippen LogP contribution in [0.4, 0.5) is 0 Å². The molecule has 104 heavy (non-hydrogen) atoms. The van der Waals surface area contributed by atoms with Crippen LogP contribution in [0.2, 0.25) is 0 Å². The van der Waals surface area contributed by atoms with Crippen LogP contribution < -0.4 is 91.2 Å². The van der Waals surface area contributed by atoms with E-state index in [1.54, 1.807) is 58.0 Å². The van der Waals surface area contributed by atoms with Gasteiger partial charge >= 0.3 is 0 Å². The largest absolute Gasteiger partial charge is 0.394 e. The third kappa shape index (κ3) is 30.2. The molecule has 0 aliphatic carbocycles. The van der Waals surface area contributed by atoms with Crippen LogP contribution in [0.15, 0.2) is 30.3 Å². The molecule has 0 saturated carbocycles. The van der Waals surface area contributed by atoms with E-state index in [4.69, 9.17) is 11.5 Å². The molecular formula is C69H115N17O18. The summed E-state index contributed by atoms with van der Waals surface area (Å²) in [5.74, 6) is -14.9. The molecule has 35 heteroatoms. The van der Waals surface area contributed by atoms with Crippen LogP contribution >= 0.6 is 0 Å². The second-order valence-electron chi connectivity index (χ2n) is 30.2. The van der Waals surface area contributed by atoms with Crippen molar-refractivity contribution in [2.75, 3.05) is 13.2 Å². The highest BCUT2D eigenvalue weighted by molar-refractivity contribution is 6.03. The van der Waals surface area contributed by atoms with Crippen LogP contribution in [0.3, 0.4) is 0 Å². The number of hydrogen-bond donors (Lipinski definition) is 18. The van der Waals surface area contributed by atoms with Gasteiger partial charge in [-0.3, -0.25) is 81.5 Å². The predicted octanol–water partition coefficient (Wildman–Crippen LogP) is -3.32. The van der Waals surface area contributed by atoms with Crippen molar-refractivity contribution in [1.82, 2.24) is 79.8 Å². The summed E-state index contributed by atoms with van der Waals surface area (Å²) < 4.78 is 0. The summed E-state index contributed by atoms with van der Waals surface area (Å²) in [6.45, 7) is 28.4. The molecule has 0 unspecified atom stereocenters. The molecule has 0 heterocycles. The van der Waals surface area contributed by atoms with E-state index in [0.717, 1.165) is 5.56 Å². The monoisotopic (exact) mass is 1470 g/mol. The lowest BCUT2D eigenvalue weighted by atomic mass is 9.93. The van der Waals surface area contributed by atoms with E-state index in [1.165, 1.54) is 118 Å². The summed E-state index contributed by atoms with van der Waals surface area (Å²) in [5.41, 5.74) is -0.529. The SMILES string of the molecule is CC[C@@](C)(NC(=O)[C@H](CCC(N)=O)NC(=O)C(C)(C)NC(=O)[C@H](CC(C)C)NC(=O)[C@H](C)NC(=O)CNC(=O)C(C)(C)NC(C)=O)C(=O)N[C@H](C(=O)NC(C)(C)C(=O)N[C@@H](C)C(=O)NC(C)(C)C(=O)NC(C)(C)C(=O)NC(C)(C)C(=O)N[C@@H](CCC(N)=O)C(=O)N[C@H](CO)Cc1ccccc1)C(C)C. The molecule has 1 rings (SSSR count). The smallest absolute Gasteiger partial charge is 0.246 e. The van der Waals surface area contributed by atoms with Crippen molar-refractivity contribution in [3.63, 3.8) is 0 Å². The summed E-state index contributed by atoms with van der Waals surface area (Å²) in [5, 5.41) is 48.0. The molecule has 0 bridgehead atoms. The molecule has 0 radical (unpaired) electrons. The first kappa shape index (κ1) is 92.2. The zero-order chi connectivity index (χ0) is 80.6. The Morgan fingerprint density at radius 2 is 0.837 bits per heavy atom. The highest BCUT2D eigenvalue weighted by Crippen LogP contribution is 2.19. The molecule has 1 aromatic rings. The van der Waals surface area contributed by atoms with Gasteiger partial charge in [-0.05, 0) is 153 Å². The Balaban J connectivity index is 3.17. The number of hydrogen-bond acceptors (Lipinski definition) is 18. The number of nitrogens with one attached hydrogen (secondary N) is 15. The third-order valence-corrected chi connectivity index (χ3v) is 16.7. The molecular weight excluding hydrogens is 1350 g/mol. The molecule has 0 aromatic heterocycles. The third-order valence-electron chi connectivity index (χ3n) is 16.7. The number of carbonyl (C=O) groups is 17. The molecule has 0 aliphatic heterocycles. The maximum Gasteiger partial charge on any atom is 0.246 e. The summed E-state index contributed by atoms with van der Waals surface area (Å²) in [4.78, 5) is 227. The maximum atomic E-state index is 14.3. The van der Waals surface area contributed by atoms with Gasteiger partial charge in [0, 0.05) is 19.8 Å². The normalized spacial score (nSPS) is 14.5. The molecule has 584 valence electrons. The Morgan fingerprint density at radius 1 is 0.423 bits per heavy atom. The van der Waals surface area contributed by atoms with Crippen LogP contribution in [0, 0.1) is 11.8 Å². The Bertz CT molecular complexity index is 3310. The predicted molar refractivity (Wildman–Crippen MR) is 382 cm³/mol. The van der Waals surface area contributed by atoms with E-state index >= 15 is 0 Å². The first-order valence-corrected chi connectivity index (χ1v) is 34.4. The Morgan fingerprint density at radius 3 is 1.29 bits per heavy atom. The first-order chi connectivity index (χ1) is 47.5. The van der Waals surface area contributed by atoms with Gasteiger partial charge in [-0.25, -0.2) is 0 Å². The number of rotatable bonds is 42. The Hall–Kier alpha value is -9.83. The fourth-order valence-electron chi connectivity index (χ4n) is 9.69. The van der Waals surface area contributed by atoms with E-state index < -0.39 is 213 Å². The molecule has 0 saturated heterocycles. The molecule has 1 aromatic carbocycles. The van der Waals surface area contributed by atoms with Crippen molar-refractivity contribution < 1.29 is 86.6 Å². The van der Waals surface area contributed by atoms with Gasteiger partial charge in [0.05, 0.1) is 19.2 Å². The van der Waals surface area contributed by atoms with Gasteiger partial charge in [0.1, 0.15) is 75.0 Å². The topological polar surface area (TPSA) is 543 Å². The van der Waals surface area contributed by atoms with Crippen LogP contribution in [-0.2, 0) is 87.9 Å². The van der Waals surface area contributed by atoms with Crippen molar-refractivity contribution in [3.8, 4) is 0 Å². The van der Waals surface area contributed by atoms with Crippen molar-refractivity contribution in [2.24, 2.45) is 23.3 Å². The molecule has 35 nitrogen and oxygen atoms in total. The minimum Gasteiger partial charge on any atom is -0.394 e. The van der Waals surface area contributed by atoms with Crippen molar-refractivity contribution in [1.29, 1.82) is 0 Å². The molecule has 17 amide bonds. The van der Waals surface area contributed by atoms with Gasteiger partial charge in [-0.1, -0.05) is 65.0 Å². The second kappa shape index (κ2) is 39.2. The zero-order valence-electron chi connectivity index (χ0n) is 64.0. The lowest BCUT2D eigenvalue weighted by Gasteiger charge is -2.35. The Labute approximate surface area is 608 Å². The number of carbonyl (C=O) groups excluding carboxylic acids is 17. The van der Waals surface area contributed by atoms with Gasteiger partial charge in [0.2, 0.25) is 100 Å². The quantitative estimate of drug-likeness (QED) is 0.0305. The molecule has 0 fully saturated rings. The van der Waals surface area contributed by atoms with E-state index in [1.807, 2.05) is 0 Å². The van der Waals surface area contributed by atoms with Crippen molar-refractivity contribution in [3.05, 3.63) is 35.9 Å². The van der Waals surface area contributed by atoms with Gasteiger partial charge in [-0.2, -0.15) is 0 Å². The van der Waals surface area contributed by atoms with Gasteiger partial charge in [-0.15, -0.1) is 0 Å². The van der Waals surface area contributed by atoms with E-state index in [2.05, 4.69) is 79.8 Å². The fraction of sp³-hybridized carbons (Fsp3) is 0.667. The van der Waals surface area contributed by atoms with E-state index in [0.29, 0.717) is 0 Å². The minimum atomic E-state index is -1.84. The standard InChI is InChI=1S/C69H115N17O18/c1-22-69(21,84-53(95)44(29-31-47(71)90)78-58(100)65(13,14)82-54(96)45(32-36(2)3)76-50(92)38(6)73-48(91)34-72-56(98)63(9,10)80-40(8)88)62(104)79-49(37(4)5)55(97)83-64(11,12)57(99)74-39(7)51(93)81-67(17,18)60(102)86-68(19,20)61(103)85-66(15,16)59(101)77-43(28-30-46(70)89)52(94)75-42(35-87)33-41-26-24-23-25-27-41/h23-27,36-39,42-45,49,87H,22,28-35H2,1-21H3,(H2,70,89)(H2,71,90)(H,72,98)(H,73,91)(H,74,99)(H,75,94)(H,76,92)(H,77,101)(H,78,100)(H,79,104)(H,80,88)(H,81,93)(H,82,96)(H,83,97)(H,84,95)(H,85,103)(H,86,102)/t38-,39-,42-,43-,44-,45-,49-,69+/m0/s1. The molecule has 8 atom stereocenters. The highest BCUT2D eigenvalue weighted by atomic mass is 16.3. The van der Waals surface area contributed by atoms with Crippen LogP contribution in [0.1, 0.15) is 189 Å². The lowest BCUT2D eigenvalue weighted by Crippen LogP contribution is -2.67. The zero-order valence-corrected chi connectivity index (χ0v) is 64.0. The van der Waals surface area contributed by atoms with E-state index in [9.17, 15) is 86.6 Å². The summed E-state index contributed by atoms with van der Waals surface area (Å²) >= 11 is 0. The average Bonchev–Trinajstić information content (AvgIpc) is 0.815. The Kier molecular flexibility index (Phi) is 34.7. The van der Waals surface area contributed by atoms with Crippen LogP contribution in [-0.4, -0.2) is 200 Å². The van der Waals surface area contributed by atoms with Crippen molar-refractivity contribution in [2.45, 2.75) is 271 Å². The number of benzene rings is 1. The summed E-state index contributed by atoms with van der Waals surface area (Å²) in [6.07, 6.45) is -1.18. The van der Waals surface area contributed by atoms with Crippen LogP contribution in [0.25, 0.3) is 0 Å². The van der Waals surface area contributed by atoms with Gasteiger partial charge in [0.15, 0.2) is 0 Å². The van der Waals surface area contributed by atoms with Gasteiger partial charge in [0.25, 0.3) is 0 Å². The lowest BCUT2D eigenvalue weighted by molar-refractivity contribution is -0.141. The maximum absolute atomic E-state index is 14.3. The van der Waals surface area contributed by atoms with Crippen LogP contribution in [0.5, 0.6) is 0 Å². The first-order valence-electron chi connectivity index (χ1n) is 34.4. The van der Waals surface area contributed by atoms with Gasteiger partial charge < -0.3 is 96.3 Å². The van der Waals surface area contributed by atoms with E-state index in [-0.39, 0.29) is 38.0 Å². The molecule has 0 aliphatic rings.